The first-order valence-corrected chi connectivity index (χ1v) is 5.98. The highest BCUT2D eigenvalue weighted by Gasteiger charge is 2.07. The molecular formula is C10H8FIS. The second-order valence-corrected chi connectivity index (χ2v) is 5.02. The Morgan fingerprint density at radius 3 is 2.92 bits per heavy atom. The van der Waals surface area contributed by atoms with E-state index < -0.39 is 0 Å². The number of benzene rings is 1. The number of rotatable bonds is 1. The molecule has 0 fully saturated rings. The highest BCUT2D eigenvalue weighted by Crippen LogP contribution is 2.31. The molecule has 0 radical (unpaired) electrons. The molecule has 68 valence electrons. The molecule has 0 N–H and O–H groups in total. The summed E-state index contributed by atoms with van der Waals surface area (Å²) in [6.45, 7) is 2.10. The third-order valence-electron chi connectivity index (χ3n) is 2.06. The maximum atomic E-state index is 13.0. The zero-order valence-electron chi connectivity index (χ0n) is 7.10. The zero-order valence-corrected chi connectivity index (χ0v) is 10.1. The van der Waals surface area contributed by atoms with E-state index in [-0.39, 0.29) is 5.13 Å². The van der Waals surface area contributed by atoms with Gasteiger partial charge in [0.2, 0.25) is 0 Å². The average molecular weight is 306 g/mol. The largest absolute Gasteiger partial charge is 0.195 e. The molecule has 0 unspecified atom stereocenters. The maximum Gasteiger partial charge on any atom is 0.177 e. The quantitative estimate of drug-likeness (QED) is 0.692. The van der Waals surface area contributed by atoms with Crippen LogP contribution in [-0.4, -0.2) is 0 Å². The van der Waals surface area contributed by atoms with Crippen molar-refractivity contribution in [2.45, 2.75) is 13.3 Å². The summed E-state index contributed by atoms with van der Waals surface area (Å²) >= 11 is 3.49. The van der Waals surface area contributed by atoms with Crippen molar-refractivity contribution >= 4 is 44.0 Å². The first kappa shape index (κ1) is 9.40. The van der Waals surface area contributed by atoms with E-state index in [1.807, 2.05) is 6.07 Å². The standard InChI is InChI=1S/C10H8FIS/c1-2-6-3-4-8(12)7-5-9(11)13-10(6)7/h3-5H,2H2,1H3. The van der Waals surface area contributed by atoms with Crippen LogP contribution in [0, 0.1) is 8.70 Å². The summed E-state index contributed by atoms with van der Waals surface area (Å²) in [7, 11) is 0. The summed E-state index contributed by atoms with van der Waals surface area (Å²) in [4.78, 5) is 0. The van der Waals surface area contributed by atoms with Gasteiger partial charge in [0.05, 0.1) is 0 Å². The van der Waals surface area contributed by atoms with Crippen LogP contribution in [0.4, 0.5) is 4.39 Å². The summed E-state index contributed by atoms with van der Waals surface area (Å²) < 4.78 is 15.3. The van der Waals surface area contributed by atoms with E-state index in [1.54, 1.807) is 6.07 Å². The first-order chi connectivity index (χ1) is 6.22. The van der Waals surface area contributed by atoms with E-state index in [0.29, 0.717) is 0 Å². The van der Waals surface area contributed by atoms with Gasteiger partial charge in [0, 0.05) is 13.7 Å². The summed E-state index contributed by atoms with van der Waals surface area (Å²) in [6.07, 6.45) is 0.966. The summed E-state index contributed by atoms with van der Waals surface area (Å²) in [5, 5.41) is 0.969. The van der Waals surface area contributed by atoms with Gasteiger partial charge in [0.25, 0.3) is 0 Å². The minimum atomic E-state index is -0.0891. The van der Waals surface area contributed by atoms with E-state index >= 15 is 0 Å². The molecule has 0 bridgehead atoms. The Kier molecular flexibility index (Phi) is 2.55. The SMILES string of the molecule is CCc1ccc(I)c2cc(F)sc12. The molecule has 0 nitrogen and oxygen atoms in total. The fraction of sp³-hybridized carbons (Fsp3) is 0.200. The number of hydrogen-bond acceptors (Lipinski definition) is 1. The van der Waals surface area contributed by atoms with Crippen LogP contribution < -0.4 is 0 Å². The van der Waals surface area contributed by atoms with Crippen molar-refractivity contribution in [1.29, 1.82) is 0 Å². The number of hydrogen-bond donors (Lipinski definition) is 0. The Morgan fingerprint density at radius 1 is 1.46 bits per heavy atom. The normalized spacial score (nSPS) is 11.0. The van der Waals surface area contributed by atoms with Crippen molar-refractivity contribution in [3.8, 4) is 0 Å². The molecule has 0 saturated carbocycles. The topological polar surface area (TPSA) is 0 Å². The van der Waals surface area contributed by atoms with E-state index in [1.165, 1.54) is 16.9 Å². The molecule has 0 aliphatic rings. The highest BCUT2D eigenvalue weighted by molar-refractivity contribution is 14.1. The van der Waals surface area contributed by atoms with Crippen molar-refractivity contribution in [2.24, 2.45) is 0 Å². The van der Waals surface area contributed by atoms with Crippen LogP contribution in [0.1, 0.15) is 12.5 Å². The van der Waals surface area contributed by atoms with Gasteiger partial charge in [0.1, 0.15) is 0 Å². The third kappa shape index (κ3) is 1.59. The number of aryl methyl sites for hydroxylation is 1. The van der Waals surface area contributed by atoms with Crippen molar-refractivity contribution in [3.05, 3.63) is 32.5 Å². The lowest BCUT2D eigenvalue weighted by Crippen LogP contribution is -1.81. The Bertz CT molecular complexity index is 447. The summed E-state index contributed by atoms with van der Waals surface area (Å²) in [6, 6.07) is 5.76. The fourth-order valence-corrected chi connectivity index (χ4v) is 3.18. The van der Waals surface area contributed by atoms with Gasteiger partial charge in [-0.25, -0.2) is 0 Å². The van der Waals surface area contributed by atoms with Gasteiger partial charge in [-0.1, -0.05) is 13.0 Å². The predicted octanol–water partition coefficient (Wildman–Crippen LogP) is 4.21. The van der Waals surface area contributed by atoms with Crippen LogP contribution >= 0.6 is 33.9 Å². The van der Waals surface area contributed by atoms with E-state index in [9.17, 15) is 4.39 Å². The molecule has 2 rings (SSSR count). The molecule has 0 atom stereocenters. The van der Waals surface area contributed by atoms with Crippen molar-refractivity contribution in [1.82, 2.24) is 0 Å². The molecular weight excluding hydrogens is 298 g/mol. The van der Waals surface area contributed by atoms with Crippen LogP contribution in [-0.2, 0) is 6.42 Å². The second kappa shape index (κ2) is 3.53. The van der Waals surface area contributed by atoms with Gasteiger partial charge in [-0.2, -0.15) is 4.39 Å². The Labute approximate surface area is 93.9 Å². The minimum Gasteiger partial charge on any atom is -0.195 e. The van der Waals surface area contributed by atoms with E-state index in [2.05, 4.69) is 35.6 Å². The molecule has 0 spiro atoms. The molecule has 1 aromatic carbocycles. The lowest BCUT2D eigenvalue weighted by Gasteiger charge is -1.99. The third-order valence-corrected chi connectivity index (χ3v) is 4.00. The van der Waals surface area contributed by atoms with Crippen molar-refractivity contribution in [3.63, 3.8) is 0 Å². The Balaban J connectivity index is 2.83. The smallest absolute Gasteiger partial charge is 0.177 e. The Hall–Kier alpha value is -0.160. The second-order valence-electron chi connectivity index (χ2n) is 2.85. The van der Waals surface area contributed by atoms with Crippen LogP contribution in [0.15, 0.2) is 18.2 Å². The zero-order chi connectivity index (χ0) is 9.42. The van der Waals surface area contributed by atoms with Crippen molar-refractivity contribution in [2.75, 3.05) is 0 Å². The number of halogens is 2. The van der Waals surface area contributed by atoms with Crippen LogP contribution in [0.5, 0.6) is 0 Å². The molecule has 0 aliphatic heterocycles. The molecule has 0 amide bonds. The first-order valence-electron chi connectivity index (χ1n) is 4.08. The summed E-state index contributed by atoms with van der Waals surface area (Å²) in [5.74, 6) is 0. The van der Waals surface area contributed by atoms with Gasteiger partial charge in [-0.15, -0.1) is 11.3 Å². The van der Waals surface area contributed by atoms with Gasteiger partial charge in [-0.3, -0.25) is 0 Å². The highest BCUT2D eigenvalue weighted by atomic mass is 127. The number of fused-ring (bicyclic) bond motifs is 1. The van der Waals surface area contributed by atoms with Crippen LogP contribution in [0.2, 0.25) is 0 Å². The lowest BCUT2D eigenvalue weighted by molar-refractivity contribution is 0.658. The van der Waals surface area contributed by atoms with Gasteiger partial charge in [-0.05, 0) is 46.7 Å². The predicted molar refractivity (Wildman–Crippen MR) is 63.9 cm³/mol. The maximum absolute atomic E-state index is 13.0. The average Bonchev–Trinajstić information content (AvgIpc) is 2.48. The molecule has 13 heavy (non-hydrogen) atoms. The van der Waals surface area contributed by atoms with Gasteiger partial charge in [0.15, 0.2) is 5.13 Å². The number of thiophene rings is 1. The molecule has 2 aromatic rings. The summed E-state index contributed by atoms with van der Waals surface area (Å²) in [5.41, 5.74) is 1.24. The van der Waals surface area contributed by atoms with Crippen LogP contribution in [0.3, 0.4) is 0 Å². The van der Waals surface area contributed by atoms with Gasteiger partial charge >= 0.3 is 0 Å². The molecule has 0 aliphatic carbocycles. The fourth-order valence-electron chi connectivity index (χ4n) is 1.39. The van der Waals surface area contributed by atoms with Gasteiger partial charge < -0.3 is 0 Å². The monoisotopic (exact) mass is 306 g/mol. The lowest BCUT2D eigenvalue weighted by atomic mass is 10.1. The molecule has 3 heteroatoms. The van der Waals surface area contributed by atoms with E-state index in [0.717, 1.165) is 20.1 Å². The van der Waals surface area contributed by atoms with E-state index in [4.69, 9.17) is 0 Å². The van der Waals surface area contributed by atoms with Crippen LogP contribution in [0.25, 0.3) is 10.1 Å². The minimum absolute atomic E-state index is 0.0891. The molecule has 0 saturated heterocycles. The molecule has 1 heterocycles. The Morgan fingerprint density at radius 2 is 2.23 bits per heavy atom. The molecule has 1 aromatic heterocycles. The van der Waals surface area contributed by atoms with Crippen molar-refractivity contribution < 1.29 is 4.39 Å².